The van der Waals surface area contributed by atoms with Crippen molar-refractivity contribution in [1.82, 2.24) is 0 Å². The molecule has 0 aromatic heterocycles. The summed E-state index contributed by atoms with van der Waals surface area (Å²) in [7, 11) is 0. The third kappa shape index (κ3) is 2.51. The third-order valence-electron chi connectivity index (χ3n) is 3.04. The smallest absolute Gasteiger partial charge is 0.0447 e. The fourth-order valence-corrected chi connectivity index (χ4v) is 2.26. The van der Waals surface area contributed by atoms with Gasteiger partial charge in [-0.2, -0.15) is 0 Å². The number of para-hydroxylation sites is 1. The van der Waals surface area contributed by atoms with E-state index in [0.29, 0.717) is 6.61 Å². The van der Waals surface area contributed by atoms with E-state index in [1.54, 1.807) is 0 Å². The summed E-state index contributed by atoms with van der Waals surface area (Å²) in [5.41, 5.74) is 2.84. The Morgan fingerprint density at radius 1 is 1.20 bits per heavy atom. The van der Waals surface area contributed by atoms with E-state index in [-0.39, 0.29) is 0 Å². The van der Waals surface area contributed by atoms with Crippen molar-refractivity contribution >= 4 is 5.69 Å². The number of aliphatic hydroxyl groups is 1. The second-order valence-electron chi connectivity index (χ2n) is 4.15. The maximum atomic E-state index is 8.89. The van der Waals surface area contributed by atoms with Crippen LogP contribution in [0.2, 0.25) is 0 Å². The van der Waals surface area contributed by atoms with E-state index < -0.39 is 0 Å². The molecule has 1 aromatic carbocycles. The average molecular weight is 205 g/mol. The van der Waals surface area contributed by atoms with Gasteiger partial charge in [-0.15, -0.1) is 0 Å². The molecule has 0 aliphatic carbocycles. The lowest BCUT2D eigenvalue weighted by Crippen LogP contribution is -2.25. The Kier molecular flexibility index (Phi) is 3.62. The van der Waals surface area contributed by atoms with Gasteiger partial charge in [0.15, 0.2) is 0 Å². The number of hydrogen-bond donors (Lipinski definition) is 1. The van der Waals surface area contributed by atoms with Crippen LogP contribution in [-0.2, 0) is 6.42 Å². The summed E-state index contributed by atoms with van der Waals surface area (Å²) in [6.07, 6.45) is 4.62. The van der Waals surface area contributed by atoms with Gasteiger partial charge in [0.1, 0.15) is 0 Å². The van der Waals surface area contributed by atoms with E-state index in [4.69, 9.17) is 5.11 Å². The quantitative estimate of drug-likeness (QED) is 0.818. The first-order chi connectivity index (χ1) is 7.42. The summed E-state index contributed by atoms with van der Waals surface area (Å²) >= 11 is 0. The molecule has 0 unspecified atom stereocenters. The van der Waals surface area contributed by atoms with Crippen LogP contribution < -0.4 is 4.90 Å². The molecule has 0 atom stereocenters. The van der Waals surface area contributed by atoms with Crippen molar-refractivity contribution in [2.45, 2.75) is 25.7 Å². The normalized spacial score (nSPS) is 15.9. The number of anilines is 1. The minimum Gasteiger partial charge on any atom is -0.396 e. The number of nitrogens with zero attached hydrogens (tertiary/aromatic N) is 1. The van der Waals surface area contributed by atoms with Gasteiger partial charge in [-0.3, -0.25) is 0 Å². The predicted octanol–water partition coefficient (Wildman–Crippen LogP) is 2.21. The van der Waals surface area contributed by atoms with E-state index in [1.165, 1.54) is 30.5 Å². The molecule has 82 valence electrons. The molecule has 1 aliphatic heterocycles. The minimum absolute atomic E-state index is 0.290. The van der Waals surface area contributed by atoms with Gasteiger partial charge in [0.2, 0.25) is 0 Å². The molecule has 1 heterocycles. The molecule has 0 bridgehead atoms. The van der Waals surface area contributed by atoms with Crippen molar-refractivity contribution in [1.29, 1.82) is 0 Å². The van der Waals surface area contributed by atoms with Crippen LogP contribution in [0.15, 0.2) is 24.3 Å². The zero-order valence-electron chi connectivity index (χ0n) is 9.15. The van der Waals surface area contributed by atoms with E-state index in [1.807, 2.05) is 0 Å². The summed E-state index contributed by atoms with van der Waals surface area (Å²) in [4.78, 5) is 2.42. The van der Waals surface area contributed by atoms with Gasteiger partial charge in [-0.05, 0) is 37.3 Å². The molecular formula is C13H19NO. The van der Waals surface area contributed by atoms with Crippen LogP contribution in [0.3, 0.4) is 0 Å². The monoisotopic (exact) mass is 205 g/mol. The lowest BCUT2D eigenvalue weighted by atomic mass is 10.1. The highest BCUT2D eigenvalue weighted by molar-refractivity contribution is 5.54. The molecule has 0 saturated heterocycles. The summed E-state index contributed by atoms with van der Waals surface area (Å²) < 4.78 is 0. The van der Waals surface area contributed by atoms with Crippen LogP contribution in [0.5, 0.6) is 0 Å². The second kappa shape index (κ2) is 5.17. The van der Waals surface area contributed by atoms with Gasteiger partial charge in [0, 0.05) is 25.4 Å². The summed E-state index contributed by atoms with van der Waals surface area (Å²) in [5.74, 6) is 0. The van der Waals surface area contributed by atoms with E-state index in [2.05, 4.69) is 29.2 Å². The highest BCUT2D eigenvalue weighted by Crippen LogP contribution is 2.25. The molecule has 0 amide bonds. The van der Waals surface area contributed by atoms with Crippen molar-refractivity contribution in [3.05, 3.63) is 29.8 Å². The van der Waals surface area contributed by atoms with E-state index in [0.717, 1.165) is 19.5 Å². The fraction of sp³-hybridized carbons (Fsp3) is 0.538. The van der Waals surface area contributed by atoms with Crippen LogP contribution in [0, 0.1) is 0 Å². The lowest BCUT2D eigenvalue weighted by Gasteiger charge is -2.24. The first kappa shape index (κ1) is 10.5. The lowest BCUT2D eigenvalue weighted by molar-refractivity contribution is 0.289. The van der Waals surface area contributed by atoms with Crippen molar-refractivity contribution in [2.24, 2.45) is 0 Å². The molecule has 2 heteroatoms. The molecule has 0 spiro atoms. The Bertz CT molecular complexity index is 311. The first-order valence-corrected chi connectivity index (χ1v) is 5.85. The van der Waals surface area contributed by atoms with E-state index in [9.17, 15) is 0 Å². The highest BCUT2D eigenvalue weighted by atomic mass is 16.3. The second-order valence-corrected chi connectivity index (χ2v) is 4.15. The maximum Gasteiger partial charge on any atom is 0.0447 e. The molecule has 1 aromatic rings. The van der Waals surface area contributed by atoms with Gasteiger partial charge in [0.05, 0.1) is 0 Å². The van der Waals surface area contributed by atoms with Crippen LogP contribution in [0.1, 0.15) is 24.8 Å². The van der Waals surface area contributed by atoms with Crippen molar-refractivity contribution in [3.63, 3.8) is 0 Å². The summed E-state index contributed by atoms with van der Waals surface area (Å²) in [6.45, 7) is 2.41. The molecule has 1 N–H and O–H groups in total. The van der Waals surface area contributed by atoms with Crippen molar-refractivity contribution in [2.75, 3.05) is 24.6 Å². The third-order valence-corrected chi connectivity index (χ3v) is 3.04. The van der Waals surface area contributed by atoms with Crippen LogP contribution in [-0.4, -0.2) is 24.8 Å². The number of fused-ring (bicyclic) bond motifs is 1. The van der Waals surface area contributed by atoms with Gasteiger partial charge < -0.3 is 10.0 Å². The minimum atomic E-state index is 0.290. The number of hydrogen-bond acceptors (Lipinski definition) is 2. The molecule has 2 nitrogen and oxygen atoms in total. The molecule has 2 rings (SSSR count). The Morgan fingerprint density at radius 2 is 2.07 bits per heavy atom. The Labute approximate surface area is 91.5 Å². The molecule has 0 radical (unpaired) electrons. The molecule has 0 fully saturated rings. The topological polar surface area (TPSA) is 23.5 Å². The first-order valence-electron chi connectivity index (χ1n) is 5.85. The van der Waals surface area contributed by atoms with Gasteiger partial charge in [-0.25, -0.2) is 0 Å². The fourth-order valence-electron chi connectivity index (χ4n) is 2.26. The van der Waals surface area contributed by atoms with Gasteiger partial charge >= 0.3 is 0 Å². The van der Waals surface area contributed by atoms with Gasteiger partial charge in [0.25, 0.3) is 0 Å². The average Bonchev–Trinajstić information content (AvgIpc) is 2.49. The predicted molar refractivity (Wildman–Crippen MR) is 63.3 cm³/mol. The number of benzene rings is 1. The summed E-state index contributed by atoms with van der Waals surface area (Å²) in [6, 6.07) is 8.66. The van der Waals surface area contributed by atoms with Gasteiger partial charge in [-0.1, -0.05) is 18.2 Å². The zero-order valence-corrected chi connectivity index (χ0v) is 9.15. The van der Waals surface area contributed by atoms with Crippen molar-refractivity contribution in [3.8, 4) is 0 Å². The standard InChI is InChI=1S/C13H19NO/c15-11-5-10-14-9-4-3-7-12-6-1-2-8-13(12)14/h1-2,6,8,15H,3-5,7,9-11H2. The largest absolute Gasteiger partial charge is 0.396 e. The summed E-state index contributed by atoms with van der Waals surface area (Å²) in [5, 5.41) is 8.89. The number of aryl methyl sites for hydroxylation is 1. The van der Waals surface area contributed by atoms with E-state index >= 15 is 0 Å². The Balaban J connectivity index is 2.17. The van der Waals surface area contributed by atoms with Crippen molar-refractivity contribution < 1.29 is 5.11 Å². The van der Waals surface area contributed by atoms with Crippen LogP contribution >= 0.6 is 0 Å². The SMILES string of the molecule is OCCCN1CCCCc2ccccc21. The highest BCUT2D eigenvalue weighted by Gasteiger charge is 2.13. The molecule has 15 heavy (non-hydrogen) atoms. The van der Waals surface area contributed by atoms with Crippen LogP contribution in [0.25, 0.3) is 0 Å². The molecule has 0 saturated carbocycles. The number of aliphatic hydroxyl groups excluding tert-OH is 1. The molecule has 1 aliphatic rings. The maximum absolute atomic E-state index is 8.89. The Hall–Kier alpha value is -1.02. The molecular weight excluding hydrogens is 186 g/mol. The number of rotatable bonds is 3. The Morgan fingerprint density at radius 3 is 2.93 bits per heavy atom. The van der Waals surface area contributed by atoms with Crippen LogP contribution in [0.4, 0.5) is 5.69 Å². The zero-order chi connectivity index (χ0) is 10.5.